The first-order valence-electron chi connectivity index (χ1n) is 5.47. The van der Waals surface area contributed by atoms with Gasteiger partial charge >= 0.3 is 0 Å². The number of benzene rings is 1. The molecule has 2 rings (SSSR count). The van der Waals surface area contributed by atoms with Crippen molar-refractivity contribution in [2.45, 2.75) is 19.8 Å². The highest BCUT2D eigenvalue weighted by molar-refractivity contribution is 9.10. The summed E-state index contributed by atoms with van der Waals surface area (Å²) >= 11 is 3.50. The molecule has 0 atom stereocenters. The Balaban J connectivity index is 2.51. The van der Waals surface area contributed by atoms with Gasteiger partial charge in [-0.25, -0.2) is 9.97 Å². The SMILES string of the molecule is CC(C)c1ncc(-c2ccccc2Br)c(N)n1. The second kappa shape index (κ2) is 4.84. The van der Waals surface area contributed by atoms with E-state index in [1.165, 1.54) is 0 Å². The van der Waals surface area contributed by atoms with Gasteiger partial charge in [0.05, 0.1) is 0 Å². The number of nitrogen functional groups attached to an aromatic ring is 1. The Bertz CT molecular complexity index is 538. The summed E-state index contributed by atoms with van der Waals surface area (Å²) in [5.41, 5.74) is 7.87. The lowest BCUT2D eigenvalue weighted by Crippen LogP contribution is -2.03. The summed E-state index contributed by atoms with van der Waals surface area (Å²) in [6, 6.07) is 7.91. The van der Waals surface area contributed by atoms with E-state index in [9.17, 15) is 0 Å². The van der Waals surface area contributed by atoms with Gasteiger partial charge in [0.25, 0.3) is 0 Å². The van der Waals surface area contributed by atoms with E-state index in [1.807, 2.05) is 38.1 Å². The van der Waals surface area contributed by atoms with Crippen molar-refractivity contribution in [2.75, 3.05) is 5.73 Å². The Morgan fingerprint density at radius 2 is 1.88 bits per heavy atom. The Labute approximate surface area is 109 Å². The van der Waals surface area contributed by atoms with Crippen molar-refractivity contribution < 1.29 is 0 Å². The largest absolute Gasteiger partial charge is 0.383 e. The Morgan fingerprint density at radius 1 is 1.18 bits per heavy atom. The molecule has 3 nitrogen and oxygen atoms in total. The lowest BCUT2D eigenvalue weighted by atomic mass is 10.1. The molecule has 1 aromatic heterocycles. The van der Waals surface area contributed by atoms with Crippen molar-refractivity contribution in [1.29, 1.82) is 0 Å². The van der Waals surface area contributed by atoms with Crippen LogP contribution >= 0.6 is 15.9 Å². The lowest BCUT2D eigenvalue weighted by molar-refractivity contribution is 0.777. The van der Waals surface area contributed by atoms with Gasteiger partial charge in [-0.2, -0.15) is 0 Å². The summed E-state index contributed by atoms with van der Waals surface area (Å²) in [6.07, 6.45) is 1.79. The minimum absolute atomic E-state index is 0.283. The van der Waals surface area contributed by atoms with Crippen molar-refractivity contribution in [3.63, 3.8) is 0 Å². The summed E-state index contributed by atoms with van der Waals surface area (Å²) in [6.45, 7) is 4.10. The fourth-order valence-corrected chi connectivity index (χ4v) is 2.07. The maximum atomic E-state index is 5.99. The predicted molar refractivity (Wildman–Crippen MR) is 73.7 cm³/mol. The first kappa shape index (κ1) is 12.0. The van der Waals surface area contributed by atoms with Gasteiger partial charge in [-0.1, -0.05) is 48.0 Å². The molecule has 2 aromatic rings. The zero-order valence-electron chi connectivity index (χ0n) is 9.81. The first-order valence-corrected chi connectivity index (χ1v) is 6.26. The highest BCUT2D eigenvalue weighted by atomic mass is 79.9. The zero-order valence-corrected chi connectivity index (χ0v) is 11.4. The number of halogens is 1. The van der Waals surface area contributed by atoms with E-state index in [1.54, 1.807) is 6.20 Å². The van der Waals surface area contributed by atoms with E-state index in [2.05, 4.69) is 25.9 Å². The third-order valence-corrected chi connectivity index (χ3v) is 3.21. The number of anilines is 1. The fourth-order valence-electron chi connectivity index (χ4n) is 1.57. The molecule has 0 saturated carbocycles. The molecule has 0 fully saturated rings. The zero-order chi connectivity index (χ0) is 12.4. The third kappa shape index (κ3) is 2.47. The summed E-state index contributed by atoms with van der Waals surface area (Å²) < 4.78 is 0.993. The van der Waals surface area contributed by atoms with E-state index >= 15 is 0 Å². The van der Waals surface area contributed by atoms with E-state index in [0.717, 1.165) is 21.4 Å². The number of hydrogen-bond donors (Lipinski definition) is 1. The van der Waals surface area contributed by atoms with Crippen LogP contribution in [-0.2, 0) is 0 Å². The number of nitrogens with zero attached hydrogens (tertiary/aromatic N) is 2. The third-order valence-electron chi connectivity index (χ3n) is 2.52. The molecule has 0 amide bonds. The van der Waals surface area contributed by atoms with E-state index < -0.39 is 0 Å². The van der Waals surface area contributed by atoms with Gasteiger partial charge in [0.15, 0.2) is 0 Å². The van der Waals surface area contributed by atoms with Gasteiger partial charge in [-0.05, 0) is 6.07 Å². The van der Waals surface area contributed by atoms with Crippen molar-refractivity contribution in [3.05, 3.63) is 40.8 Å². The Hall–Kier alpha value is -1.42. The van der Waals surface area contributed by atoms with Crippen LogP contribution in [0.2, 0.25) is 0 Å². The van der Waals surface area contributed by atoms with Crippen LogP contribution in [0.3, 0.4) is 0 Å². The average Bonchev–Trinajstić information content (AvgIpc) is 2.30. The predicted octanol–water partition coefficient (Wildman–Crippen LogP) is 3.61. The molecule has 4 heteroatoms. The van der Waals surface area contributed by atoms with Crippen molar-refractivity contribution in [2.24, 2.45) is 0 Å². The number of nitrogens with two attached hydrogens (primary N) is 1. The van der Waals surface area contributed by atoms with Crippen LogP contribution in [0.1, 0.15) is 25.6 Å². The number of rotatable bonds is 2. The molecule has 2 N–H and O–H groups in total. The van der Waals surface area contributed by atoms with Crippen molar-refractivity contribution in [1.82, 2.24) is 9.97 Å². The quantitative estimate of drug-likeness (QED) is 0.920. The lowest BCUT2D eigenvalue weighted by Gasteiger charge is -2.09. The fraction of sp³-hybridized carbons (Fsp3) is 0.231. The summed E-state index contributed by atoms with van der Waals surface area (Å²) in [5.74, 6) is 1.58. The molecule has 0 aliphatic heterocycles. The monoisotopic (exact) mass is 291 g/mol. The van der Waals surface area contributed by atoms with Crippen LogP contribution in [0.25, 0.3) is 11.1 Å². The molecule has 1 heterocycles. The Morgan fingerprint density at radius 3 is 2.47 bits per heavy atom. The molecular weight excluding hydrogens is 278 g/mol. The topological polar surface area (TPSA) is 51.8 Å². The second-order valence-electron chi connectivity index (χ2n) is 4.16. The van der Waals surface area contributed by atoms with E-state index in [0.29, 0.717) is 5.82 Å². The molecular formula is C13H14BrN3. The molecule has 0 aliphatic carbocycles. The molecule has 0 saturated heterocycles. The molecule has 0 spiro atoms. The minimum atomic E-state index is 0.283. The van der Waals surface area contributed by atoms with Gasteiger partial charge in [0, 0.05) is 27.7 Å². The van der Waals surface area contributed by atoms with Crippen LogP contribution in [0.4, 0.5) is 5.82 Å². The number of hydrogen-bond acceptors (Lipinski definition) is 3. The minimum Gasteiger partial charge on any atom is -0.383 e. The standard InChI is InChI=1S/C13H14BrN3/c1-8(2)13-16-7-10(12(15)17-13)9-5-3-4-6-11(9)14/h3-8H,1-2H3,(H2,15,16,17). The smallest absolute Gasteiger partial charge is 0.135 e. The molecule has 88 valence electrons. The van der Waals surface area contributed by atoms with Crippen molar-refractivity contribution >= 4 is 21.7 Å². The first-order chi connectivity index (χ1) is 8.09. The molecule has 17 heavy (non-hydrogen) atoms. The van der Waals surface area contributed by atoms with Gasteiger partial charge in [-0.3, -0.25) is 0 Å². The second-order valence-corrected chi connectivity index (χ2v) is 5.02. The van der Waals surface area contributed by atoms with Gasteiger partial charge < -0.3 is 5.73 Å². The molecule has 0 aliphatic rings. The van der Waals surface area contributed by atoms with Crippen LogP contribution in [-0.4, -0.2) is 9.97 Å². The maximum absolute atomic E-state index is 5.99. The molecule has 0 unspecified atom stereocenters. The van der Waals surface area contributed by atoms with Crippen LogP contribution in [0, 0.1) is 0 Å². The summed E-state index contributed by atoms with van der Waals surface area (Å²) in [7, 11) is 0. The van der Waals surface area contributed by atoms with Gasteiger partial charge in [0.1, 0.15) is 11.6 Å². The summed E-state index contributed by atoms with van der Waals surface area (Å²) in [5, 5.41) is 0. The van der Waals surface area contributed by atoms with Crippen LogP contribution in [0.15, 0.2) is 34.9 Å². The highest BCUT2D eigenvalue weighted by Gasteiger charge is 2.10. The number of aromatic nitrogens is 2. The van der Waals surface area contributed by atoms with E-state index in [4.69, 9.17) is 5.73 Å². The highest BCUT2D eigenvalue weighted by Crippen LogP contribution is 2.31. The average molecular weight is 292 g/mol. The van der Waals surface area contributed by atoms with Crippen LogP contribution in [0.5, 0.6) is 0 Å². The summed E-state index contributed by atoms with van der Waals surface area (Å²) in [4.78, 5) is 8.68. The van der Waals surface area contributed by atoms with E-state index in [-0.39, 0.29) is 5.92 Å². The Kier molecular flexibility index (Phi) is 3.43. The van der Waals surface area contributed by atoms with Crippen molar-refractivity contribution in [3.8, 4) is 11.1 Å². The van der Waals surface area contributed by atoms with Crippen LogP contribution < -0.4 is 5.73 Å². The normalized spacial score (nSPS) is 10.8. The maximum Gasteiger partial charge on any atom is 0.135 e. The molecule has 0 bridgehead atoms. The van der Waals surface area contributed by atoms with Gasteiger partial charge in [0.2, 0.25) is 0 Å². The van der Waals surface area contributed by atoms with Gasteiger partial charge in [-0.15, -0.1) is 0 Å². The molecule has 0 radical (unpaired) electrons. The molecule has 1 aromatic carbocycles.